The molecule has 0 heterocycles. The number of hydrogen-bond acceptors (Lipinski definition) is 3. The predicted octanol–water partition coefficient (Wildman–Crippen LogP) is 1.96. The van der Waals surface area contributed by atoms with E-state index in [0.717, 1.165) is 0 Å². The van der Waals surface area contributed by atoms with Gasteiger partial charge in [-0.15, -0.1) is 0 Å². The second-order valence-electron chi connectivity index (χ2n) is 3.93. The molecule has 0 aliphatic heterocycles. The van der Waals surface area contributed by atoms with Gasteiger partial charge in [0.1, 0.15) is 12.4 Å². The summed E-state index contributed by atoms with van der Waals surface area (Å²) in [6, 6.07) is 8.91. The lowest BCUT2D eigenvalue weighted by Gasteiger charge is -2.09. The Morgan fingerprint density at radius 3 is 2.65 bits per heavy atom. The monoisotopic (exact) mass is 234 g/mol. The van der Waals surface area contributed by atoms with Gasteiger partial charge in [-0.2, -0.15) is 5.26 Å². The average molecular weight is 234 g/mol. The summed E-state index contributed by atoms with van der Waals surface area (Å²) in [5.74, 6) is 0.709. The molecular weight excluding hydrogens is 216 g/mol. The van der Waals surface area contributed by atoms with E-state index < -0.39 is 0 Å². The van der Waals surface area contributed by atoms with Crippen molar-refractivity contribution in [3.8, 4) is 11.8 Å². The number of amides is 1. The van der Waals surface area contributed by atoms with Crippen LogP contribution in [0.2, 0.25) is 0 Å². The number of hydrogen-bond donors (Lipinski definition) is 1. The zero-order valence-corrected chi connectivity index (χ0v) is 10.1. The van der Waals surface area contributed by atoms with E-state index in [4.69, 9.17) is 10.00 Å². The van der Waals surface area contributed by atoms with Crippen LogP contribution in [0.25, 0.3) is 0 Å². The number of ether oxygens (including phenoxy) is 1. The first-order chi connectivity index (χ1) is 8.13. The number of rotatable bonds is 5. The van der Waals surface area contributed by atoms with Gasteiger partial charge >= 0.3 is 0 Å². The Bertz CT molecular complexity index is 410. The van der Waals surface area contributed by atoms with E-state index in [1.807, 2.05) is 19.9 Å². The highest BCUT2D eigenvalue weighted by Crippen LogP contribution is 2.10. The number of carbonyl (C=O) groups excluding carboxylic acids is 1. The molecule has 0 spiro atoms. The minimum absolute atomic E-state index is 0. The van der Waals surface area contributed by atoms with E-state index in [9.17, 15) is 4.79 Å². The first-order valence-electron chi connectivity index (χ1n) is 5.54. The summed E-state index contributed by atoms with van der Waals surface area (Å²) in [6.07, 6.45) is 0. The zero-order chi connectivity index (χ0) is 12.7. The Labute approximate surface area is 103 Å². The molecule has 0 radical (unpaired) electrons. The van der Waals surface area contributed by atoms with Gasteiger partial charge in [-0.05, 0) is 24.3 Å². The summed E-state index contributed by atoms with van der Waals surface area (Å²) in [7, 11) is 0. The molecule has 17 heavy (non-hydrogen) atoms. The third-order valence-electron chi connectivity index (χ3n) is 2.18. The van der Waals surface area contributed by atoms with Crippen LogP contribution < -0.4 is 10.1 Å². The van der Waals surface area contributed by atoms with Crippen LogP contribution in [0.3, 0.4) is 0 Å². The predicted molar refractivity (Wildman–Crippen MR) is 66.6 cm³/mol. The van der Waals surface area contributed by atoms with Gasteiger partial charge in [-0.1, -0.05) is 13.8 Å². The van der Waals surface area contributed by atoms with Crippen LogP contribution in [0, 0.1) is 17.2 Å². The van der Waals surface area contributed by atoms with Crippen molar-refractivity contribution in [2.75, 3.05) is 13.2 Å². The molecule has 0 atom stereocenters. The Morgan fingerprint density at radius 1 is 1.47 bits per heavy atom. The minimum Gasteiger partial charge on any atom is -0.492 e. The van der Waals surface area contributed by atoms with Gasteiger partial charge in [0.2, 0.25) is 5.91 Å². The third kappa shape index (κ3) is 4.56. The van der Waals surface area contributed by atoms with E-state index in [0.29, 0.717) is 24.5 Å². The highest BCUT2D eigenvalue weighted by Gasteiger charge is 2.04. The van der Waals surface area contributed by atoms with Crippen molar-refractivity contribution in [2.45, 2.75) is 13.8 Å². The zero-order valence-electron chi connectivity index (χ0n) is 10.1. The highest BCUT2D eigenvalue weighted by atomic mass is 16.5. The van der Waals surface area contributed by atoms with E-state index in [1.165, 1.54) is 0 Å². The molecule has 4 heteroatoms. The number of carbonyl (C=O) groups is 1. The van der Waals surface area contributed by atoms with Crippen LogP contribution in [0.1, 0.15) is 20.8 Å². The Balaban J connectivity index is 0.00000289. The molecule has 1 aromatic rings. The molecular formula is C13H18N2O2. The van der Waals surface area contributed by atoms with E-state index in [2.05, 4.69) is 5.32 Å². The van der Waals surface area contributed by atoms with Gasteiger partial charge in [0.05, 0.1) is 18.2 Å². The Morgan fingerprint density at radius 2 is 2.12 bits per heavy atom. The summed E-state index contributed by atoms with van der Waals surface area (Å²) in [5.41, 5.74) is 0.602. The summed E-state index contributed by atoms with van der Waals surface area (Å²) >= 11 is 0. The molecule has 0 aliphatic rings. The van der Waals surface area contributed by atoms with Crippen LogP contribution in [0.15, 0.2) is 24.3 Å². The average Bonchev–Trinajstić information content (AvgIpc) is 2.35. The first-order valence-corrected chi connectivity index (χ1v) is 5.54. The number of nitriles is 1. The molecule has 1 amide bonds. The van der Waals surface area contributed by atoms with Crippen LogP contribution >= 0.6 is 0 Å². The quantitative estimate of drug-likeness (QED) is 0.792. The SMILES string of the molecule is CC(C)C(=O)NCCOc1ccc(C#N)cc1.[HH]. The normalized spacial score (nSPS) is 9.76. The van der Waals surface area contributed by atoms with E-state index in [1.54, 1.807) is 24.3 Å². The van der Waals surface area contributed by atoms with Gasteiger partial charge in [-0.25, -0.2) is 0 Å². The van der Waals surface area contributed by atoms with E-state index >= 15 is 0 Å². The van der Waals surface area contributed by atoms with Crippen molar-refractivity contribution in [3.63, 3.8) is 0 Å². The number of benzene rings is 1. The van der Waals surface area contributed by atoms with Crippen LogP contribution in [-0.2, 0) is 4.79 Å². The molecule has 92 valence electrons. The van der Waals surface area contributed by atoms with Gasteiger partial charge in [0.15, 0.2) is 0 Å². The van der Waals surface area contributed by atoms with Gasteiger partial charge in [0.25, 0.3) is 0 Å². The molecule has 0 saturated carbocycles. The van der Waals surface area contributed by atoms with Crippen molar-refractivity contribution >= 4 is 5.91 Å². The van der Waals surface area contributed by atoms with Gasteiger partial charge < -0.3 is 10.1 Å². The molecule has 1 N–H and O–H groups in total. The highest BCUT2D eigenvalue weighted by molar-refractivity contribution is 5.77. The van der Waals surface area contributed by atoms with Gasteiger partial charge in [-0.3, -0.25) is 4.79 Å². The maximum absolute atomic E-state index is 11.2. The van der Waals surface area contributed by atoms with Crippen molar-refractivity contribution in [3.05, 3.63) is 29.8 Å². The smallest absolute Gasteiger partial charge is 0.222 e. The number of nitrogens with one attached hydrogen (secondary N) is 1. The molecule has 0 aliphatic carbocycles. The molecule has 0 aromatic heterocycles. The van der Waals surface area contributed by atoms with Crippen molar-refractivity contribution in [1.82, 2.24) is 5.32 Å². The fourth-order valence-electron chi connectivity index (χ4n) is 1.17. The fourth-order valence-corrected chi connectivity index (χ4v) is 1.17. The summed E-state index contributed by atoms with van der Waals surface area (Å²) in [5, 5.41) is 11.4. The van der Waals surface area contributed by atoms with Crippen LogP contribution in [0.5, 0.6) is 5.75 Å². The summed E-state index contributed by atoms with van der Waals surface area (Å²) < 4.78 is 5.41. The molecule has 1 aromatic carbocycles. The Hall–Kier alpha value is -2.02. The maximum atomic E-state index is 11.2. The standard InChI is InChI=1S/C13H16N2O2.H2/c1-10(2)13(16)15-7-8-17-12-5-3-11(9-14)4-6-12;/h3-6,10H,7-8H2,1-2H3,(H,15,16);1H. The minimum atomic E-state index is -0.00934. The van der Waals surface area contributed by atoms with Gasteiger partial charge in [0, 0.05) is 7.34 Å². The first kappa shape index (κ1) is 13.0. The molecule has 0 unspecified atom stereocenters. The lowest BCUT2D eigenvalue weighted by molar-refractivity contribution is -0.124. The molecule has 0 saturated heterocycles. The topological polar surface area (TPSA) is 62.1 Å². The molecule has 1 rings (SSSR count). The largest absolute Gasteiger partial charge is 0.492 e. The lowest BCUT2D eigenvalue weighted by atomic mass is 10.2. The second kappa shape index (κ2) is 6.54. The second-order valence-corrected chi connectivity index (χ2v) is 3.93. The summed E-state index contributed by atoms with van der Waals surface area (Å²) in [6.45, 7) is 4.59. The third-order valence-corrected chi connectivity index (χ3v) is 2.18. The summed E-state index contributed by atoms with van der Waals surface area (Å²) in [4.78, 5) is 11.2. The van der Waals surface area contributed by atoms with Crippen molar-refractivity contribution in [2.24, 2.45) is 5.92 Å². The fraction of sp³-hybridized carbons (Fsp3) is 0.385. The Kier molecular flexibility index (Phi) is 5.02. The van der Waals surface area contributed by atoms with E-state index in [-0.39, 0.29) is 13.3 Å². The van der Waals surface area contributed by atoms with Crippen LogP contribution in [0.4, 0.5) is 0 Å². The van der Waals surface area contributed by atoms with Crippen LogP contribution in [-0.4, -0.2) is 19.1 Å². The van der Waals surface area contributed by atoms with Crippen molar-refractivity contribution in [1.29, 1.82) is 5.26 Å². The lowest BCUT2D eigenvalue weighted by Crippen LogP contribution is -2.31. The van der Waals surface area contributed by atoms with Crippen molar-refractivity contribution < 1.29 is 11.0 Å². The maximum Gasteiger partial charge on any atom is 0.222 e. The molecule has 0 fully saturated rings. The molecule has 0 bridgehead atoms. The number of nitrogens with zero attached hydrogens (tertiary/aromatic N) is 1. The molecule has 4 nitrogen and oxygen atoms in total.